The summed E-state index contributed by atoms with van der Waals surface area (Å²) in [5.74, 6) is -0.313. The molecule has 0 heterocycles. The van der Waals surface area contributed by atoms with Gasteiger partial charge in [-0.05, 0) is 31.9 Å². The SMILES string of the molecule is CCCN(CC(O)c1ccccc1F)C1CC1. The molecule has 0 radical (unpaired) electrons. The molecule has 1 N–H and O–H groups in total. The predicted molar refractivity (Wildman–Crippen MR) is 66.2 cm³/mol. The highest BCUT2D eigenvalue weighted by atomic mass is 19.1. The molecule has 1 saturated carbocycles. The lowest BCUT2D eigenvalue weighted by molar-refractivity contribution is 0.106. The van der Waals surface area contributed by atoms with Crippen molar-refractivity contribution in [2.24, 2.45) is 0 Å². The molecule has 1 atom stereocenters. The first-order valence-corrected chi connectivity index (χ1v) is 6.39. The maximum atomic E-state index is 13.5. The Balaban J connectivity index is 1.99. The van der Waals surface area contributed by atoms with Crippen molar-refractivity contribution in [3.63, 3.8) is 0 Å². The first kappa shape index (κ1) is 12.5. The second kappa shape index (κ2) is 5.61. The molecule has 0 saturated heterocycles. The molecule has 94 valence electrons. The number of benzene rings is 1. The van der Waals surface area contributed by atoms with Gasteiger partial charge in [-0.3, -0.25) is 4.90 Å². The smallest absolute Gasteiger partial charge is 0.129 e. The topological polar surface area (TPSA) is 23.5 Å². The second-order valence-corrected chi connectivity index (χ2v) is 4.76. The number of aliphatic hydroxyl groups is 1. The molecule has 0 amide bonds. The van der Waals surface area contributed by atoms with Crippen molar-refractivity contribution in [1.82, 2.24) is 4.90 Å². The summed E-state index contributed by atoms with van der Waals surface area (Å²) in [6.07, 6.45) is 2.78. The molecule has 1 aromatic rings. The van der Waals surface area contributed by atoms with Crippen molar-refractivity contribution in [2.75, 3.05) is 13.1 Å². The van der Waals surface area contributed by atoms with Gasteiger partial charge in [0.15, 0.2) is 0 Å². The third kappa shape index (κ3) is 3.27. The van der Waals surface area contributed by atoms with Gasteiger partial charge in [0.05, 0.1) is 6.10 Å². The van der Waals surface area contributed by atoms with Crippen molar-refractivity contribution in [1.29, 1.82) is 0 Å². The zero-order valence-corrected chi connectivity index (χ0v) is 10.3. The summed E-state index contributed by atoms with van der Waals surface area (Å²) < 4.78 is 13.5. The zero-order chi connectivity index (χ0) is 12.3. The van der Waals surface area contributed by atoms with Crippen molar-refractivity contribution in [3.8, 4) is 0 Å². The number of hydrogen-bond donors (Lipinski definition) is 1. The quantitative estimate of drug-likeness (QED) is 0.822. The molecule has 1 fully saturated rings. The van der Waals surface area contributed by atoms with Crippen LogP contribution in [0, 0.1) is 5.82 Å². The Morgan fingerprint density at radius 1 is 1.41 bits per heavy atom. The zero-order valence-electron chi connectivity index (χ0n) is 10.3. The summed E-state index contributed by atoms with van der Waals surface area (Å²) in [5, 5.41) is 10.1. The van der Waals surface area contributed by atoms with Gasteiger partial charge in [-0.2, -0.15) is 0 Å². The fraction of sp³-hybridized carbons (Fsp3) is 0.571. The van der Waals surface area contributed by atoms with E-state index >= 15 is 0 Å². The summed E-state index contributed by atoms with van der Waals surface area (Å²) in [6.45, 7) is 3.65. The highest BCUT2D eigenvalue weighted by Gasteiger charge is 2.30. The lowest BCUT2D eigenvalue weighted by Gasteiger charge is -2.24. The Morgan fingerprint density at radius 2 is 2.12 bits per heavy atom. The molecule has 1 aliphatic carbocycles. The van der Waals surface area contributed by atoms with E-state index in [0.29, 0.717) is 18.2 Å². The normalized spacial score (nSPS) is 17.4. The second-order valence-electron chi connectivity index (χ2n) is 4.76. The van der Waals surface area contributed by atoms with Gasteiger partial charge in [0.2, 0.25) is 0 Å². The third-order valence-electron chi connectivity index (χ3n) is 3.25. The molecule has 1 aromatic carbocycles. The van der Waals surface area contributed by atoms with E-state index < -0.39 is 6.10 Å². The molecule has 1 aliphatic rings. The lowest BCUT2D eigenvalue weighted by atomic mass is 10.1. The lowest BCUT2D eigenvalue weighted by Crippen LogP contribution is -2.31. The van der Waals surface area contributed by atoms with E-state index in [1.54, 1.807) is 18.2 Å². The monoisotopic (exact) mass is 237 g/mol. The van der Waals surface area contributed by atoms with Crippen LogP contribution in [-0.4, -0.2) is 29.1 Å². The predicted octanol–water partition coefficient (Wildman–Crippen LogP) is 2.73. The van der Waals surface area contributed by atoms with Crippen LogP contribution in [0.1, 0.15) is 37.9 Å². The van der Waals surface area contributed by atoms with Gasteiger partial charge >= 0.3 is 0 Å². The van der Waals surface area contributed by atoms with Crippen LogP contribution < -0.4 is 0 Å². The van der Waals surface area contributed by atoms with E-state index in [1.165, 1.54) is 18.9 Å². The minimum atomic E-state index is -0.719. The van der Waals surface area contributed by atoms with Crippen molar-refractivity contribution >= 4 is 0 Å². The van der Waals surface area contributed by atoms with E-state index in [0.717, 1.165) is 13.0 Å². The van der Waals surface area contributed by atoms with Gasteiger partial charge < -0.3 is 5.11 Å². The molecule has 1 unspecified atom stereocenters. The van der Waals surface area contributed by atoms with Crippen LogP contribution in [0.4, 0.5) is 4.39 Å². The first-order chi connectivity index (χ1) is 8.22. The van der Waals surface area contributed by atoms with Crippen LogP contribution in [-0.2, 0) is 0 Å². The largest absolute Gasteiger partial charge is 0.387 e. The summed E-state index contributed by atoms with van der Waals surface area (Å²) in [4.78, 5) is 2.27. The fourth-order valence-electron chi connectivity index (χ4n) is 2.22. The highest BCUT2D eigenvalue weighted by molar-refractivity contribution is 5.20. The van der Waals surface area contributed by atoms with Crippen molar-refractivity contribution in [2.45, 2.75) is 38.3 Å². The van der Waals surface area contributed by atoms with E-state index in [1.807, 2.05) is 0 Å². The molecule has 17 heavy (non-hydrogen) atoms. The molecule has 2 rings (SSSR count). The standard InChI is InChI=1S/C14H20FNO/c1-2-9-16(11-7-8-11)10-14(17)12-5-3-4-6-13(12)15/h3-6,11,14,17H,2,7-10H2,1H3. The Kier molecular flexibility index (Phi) is 4.13. The van der Waals surface area contributed by atoms with Gasteiger partial charge in [-0.1, -0.05) is 25.1 Å². The Labute approximate surface area is 102 Å². The van der Waals surface area contributed by atoms with Crippen LogP contribution in [0.5, 0.6) is 0 Å². The summed E-state index contributed by atoms with van der Waals surface area (Å²) in [5.41, 5.74) is 0.411. The Morgan fingerprint density at radius 3 is 2.71 bits per heavy atom. The van der Waals surface area contributed by atoms with E-state index in [4.69, 9.17) is 0 Å². The number of aliphatic hydroxyl groups excluding tert-OH is 1. The molecule has 3 heteroatoms. The van der Waals surface area contributed by atoms with Crippen molar-refractivity contribution in [3.05, 3.63) is 35.6 Å². The minimum Gasteiger partial charge on any atom is -0.387 e. The number of rotatable bonds is 6. The van der Waals surface area contributed by atoms with E-state index in [-0.39, 0.29) is 5.82 Å². The summed E-state index contributed by atoms with van der Waals surface area (Å²) in [6, 6.07) is 7.09. The average molecular weight is 237 g/mol. The Hall–Kier alpha value is -0.930. The third-order valence-corrected chi connectivity index (χ3v) is 3.25. The minimum absolute atomic E-state index is 0.313. The number of nitrogens with zero attached hydrogens (tertiary/aromatic N) is 1. The summed E-state index contributed by atoms with van der Waals surface area (Å²) >= 11 is 0. The molecule has 0 spiro atoms. The molecule has 0 aliphatic heterocycles. The van der Waals surface area contributed by atoms with Gasteiger partial charge in [-0.15, -0.1) is 0 Å². The van der Waals surface area contributed by atoms with Crippen molar-refractivity contribution < 1.29 is 9.50 Å². The van der Waals surface area contributed by atoms with Gasteiger partial charge in [0, 0.05) is 18.2 Å². The van der Waals surface area contributed by atoms with E-state index in [2.05, 4.69) is 11.8 Å². The Bertz CT molecular complexity index is 365. The summed E-state index contributed by atoms with van der Waals surface area (Å²) in [7, 11) is 0. The molecular weight excluding hydrogens is 217 g/mol. The maximum absolute atomic E-state index is 13.5. The molecule has 0 bridgehead atoms. The van der Waals surface area contributed by atoms with Crippen LogP contribution in [0.2, 0.25) is 0 Å². The average Bonchev–Trinajstić information content (AvgIpc) is 3.12. The number of halogens is 1. The van der Waals surface area contributed by atoms with Gasteiger partial charge in [0.25, 0.3) is 0 Å². The number of hydrogen-bond acceptors (Lipinski definition) is 2. The molecule has 0 aromatic heterocycles. The highest BCUT2D eigenvalue weighted by Crippen LogP contribution is 2.29. The van der Waals surface area contributed by atoms with Gasteiger partial charge in [-0.25, -0.2) is 4.39 Å². The maximum Gasteiger partial charge on any atom is 0.129 e. The molecule has 2 nitrogen and oxygen atoms in total. The van der Waals surface area contributed by atoms with Gasteiger partial charge in [0.1, 0.15) is 5.82 Å². The van der Waals surface area contributed by atoms with E-state index in [9.17, 15) is 9.50 Å². The van der Waals surface area contributed by atoms with Crippen LogP contribution >= 0.6 is 0 Å². The first-order valence-electron chi connectivity index (χ1n) is 6.39. The van der Waals surface area contributed by atoms with Crippen LogP contribution in [0.25, 0.3) is 0 Å². The van der Waals surface area contributed by atoms with Crippen LogP contribution in [0.3, 0.4) is 0 Å². The fourth-order valence-corrected chi connectivity index (χ4v) is 2.22. The molecular formula is C14H20FNO. The van der Waals surface area contributed by atoms with Crippen LogP contribution in [0.15, 0.2) is 24.3 Å².